The van der Waals surface area contributed by atoms with Crippen molar-refractivity contribution in [2.24, 2.45) is 7.05 Å². The lowest BCUT2D eigenvalue weighted by atomic mass is 10.2. The van der Waals surface area contributed by atoms with Gasteiger partial charge in [0.15, 0.2) is 5.52 Å². The summed E-state index contributed by atoms with van der Waals surface area (Å²) in [6.45, 7) is 0. The number of thioether (sulfide) groups is 1. The number of nitrogens with one attached hydrogen (secondary N) is 3. The number of rotatable bonds is 8. The predicted octanol–water partition coefficient (Wildman–Crippen LogP) is -1.43. The molecule has 12 heteroatoms. The molecule has 0 aliphatic heterocycles. The van der Waals surface area contributed by atoms with Crippen LogP contribution in [0.25, 0.3) is 11.2 Å². The van der Waals surface area contributed by atoms with Gasteiger partial charge >= 0.3 is 11.7 Å². The van der Waals surface area contributed by atoms with Crippen LogP contribution in [0.4, 0.5) is 0 Å². The number of hydrogen-bond donors (Lipinski definition) is 4. The molecule has 2 heterocycles. The van der Waals surface area contributed by atoms with Crippen molar-refractivity contribution in [3.63, 3.8) is 0 Å². The van der Waals surface area contributed by atoms with Gasteiger partial charge in [0.2, 0.25) is 5.91 Å². The Balaban J connectivity index is 2.17. The number of nitrogens with zero attached hydrogens (tertiary/aromatic N) is 2. The maximum absolute atomic E-state index is 12.1. The second-order valence-electron chi connectivity index (χ2n) is 5.77. The fraction of sp³-hybridized carbons (Fsp3) is 0.467. The minimum Gasteiger partial charge on any atom is -0.480 e. The van der Waals surface area contributed by atoms with Crippen LogP contribution in [-0.4, -0.2) is 54.6 Å². The SMILES string of the molecule is CSCCC(NC(=O)CCc1nc2c(=O)[nH]c(=O)n(C)c2[nH]c1=O)C(=O)O. The quantitative estimate of drug-likeness (QED) is 0.420. The number of amides is 1. The van der Waals surface area contributed by atoms with E-state index in [9.17, 15) is 24.0 Å². The molecule has 0 saturated carbocycles. The number of aliphatic carboxylic acids is 1. The summed E-state index contributed by atoms with van der Waals surface area (Å²) in [7, 11) is 1.37. The predicted molar refractivity (Wildman–Crippen MR) is 99.1 cm³/mol. The van der Waals surface area contributed by atoms with Gasteiger partial charge in [0, 0.05) is 19.9 Å². The standard InChI is InChI=1S/C15H19N5O6S/c1-20-11-10(13(23)19-15(20)26)17-7(12(22)18-11)3-4-9(21)16-8(14(24)25)5-6-27-2/h8H,3-6H2,1-2H3,(H,16,21)(H,18,22)(H,24,25)(H,19,23,26). The van der Waals surface area contributed by atoms with Crippen molar-refractivity contribution >= 4 is 34.8 Å². The molecule has 146 valence electrons. The molecule has 1 amide bonds. The van der Waals surface area contributed by atoms with Crippen molar-refractivity contribution in [1.82, 2.24) is 24.8 Å². The van der Waals surface area contributed by atoms with Crippen molar-refractivity contribution in [1.29, 1.82) is 0 Å². The van der Waals surface area contributed by atoms with E-state index in [4.69, 9.17) is 5.11 Å². The van der Waals surface area contributed by atoms with Gasteiger partial charge < -0.3 is 15.4 Å². The highest BCUT2D eigenvalue weighted by Gasteiger charge is 2.20. The number of carboxylic acid groups (broad SMARTS) is 1. The van der Waals surface area contributed by atoms with Crippen molar-refractivity contribution in [3.8, 4) is 0 Å². The summed E-state index contributed by atoms with van der Waals surface area (Å²) >= 11 is 1.46. The lowest BCUT2D eigenvalue weighted by Gasteiger charge is -2.13. The van der Waals surface area contributed by atoms with Crippen molar-refractivity contribution in [2.75, 3.05) is 12.0 Å². The van der Waals surface area contributed by atoms with Gasteiger partial charge in [-0.05, 0) is 18.4 Å². The van der Waals surface area contributed by atoms with Crippen molar-refractivity contribution in [2.45, 2.75) is 25.3 Å². The lowest BCUT2D eigenvalue weighted by Crippen LogP contribution is -2.41. The zero-order chi connectivity index (χ0) is 20.1. The maximum Gasteiger partial charge on any atom is 0.329 e. The fourth-order valence-corrected chi connectivity index (χ4v) is 2.85. The van der Waals surface area contributed by atoms with Gasteiger partial charge in [-0.2, -0.15) is 11.8 Å². The third-order valence-electron chi connectivity index (χ3n) is 3.87. The summed E-state index contributed by atoms with van der Waals surface area (Å²) in [5.74, 6) is -1.10. The number of H-pyrrole nitrogens is 2. The molecule has 4 N–H and O–H groups in total. The fourth-order valence-electron chi connectivity index (χ4n) is 2.38. The number of carbonyl (C=O) groups is 2. The van der Waals surface area contributed by atoms with E-state index >= 15 is 0 Å². The van der Waals surface area contributed by atoms with Crippen LogP contribution in [0.3, 0.4) is 0 Å². The molecule has 0 aliphatic carbocycles. The highest BCUT2D eigenvalue weighted by atomic mass is 32.2. The van der Waals surface area contributed by atoms with Gasteiger partial charge in [0.05, 0.1) is 0 Å². The van der Waals surface area contributed by atoms with E-state index in [-0.39, 0.29) is 36.1 Å². The van der Waals surface area contributed by atoms with Gasteiger partial charge in [0.1, 0.15) is 17.4 Å². The summed E-state index contributed by atoms with van der Waals surface area (Å²) in [5.41, 5.74) is -2.29. The first kappa shape index (κ1) is 20.4. The number of carbonyl (C=O) groups excluding carboxylic acids is 1. The molecule has 0 aliphatic rings. The molecular weight excluding hydrogens is 378 g/mol. The largest absolute Gasteiger partial charge is 0.480 e. The van der Waals surface area contributed by atoms with Crippen LogP contribution < -0.4 is 22.1 Å². The second-order valence-corrected chi connectivity index (χ2v) is 6.75. The Morgan fingerprint density at radius 1 is 1.26 bits per heavy atom. The molecule has 11 nitrogen and oxygen atoms in total. The van der Waals surface area contributed by atoms with Gasteiger partial charge in [0.25, 0.3) is 11.1 Å². The Morgan fingerprint density at radius 3 is 2.59 bits per heavy atom. The lowest BCUT2D eigenvalue weighted by molar-refractivity contribution is -0.141. The van der Waals surface area contributed by atoms with Crippen molar-refractivity contribution in [3.05, 3.63) is 36.9 Å². The molecule has 2 rings (SSSR count). The molecule has 0 spiro atoms. The average Bonchev–Trinajstić information content (AvgIpc) is 2.61. The molecule has 1 atom stereocenters. The molecule has 0 radical (unpaired) electrons. The van der Waals surface area contributed by atoms with Gasteiger partial charge in [-0.15, -0.1) is 0 Å². The molecule has 0 bridgehead atoms. The molecule has 0 fully saturated rings. The molecule has 2 aromatic rings. The van der Waals surface area contributed by atoms with Gasteiger partial charge in [-0.3, -0.25) is 23.9 Å². The molecule has 0 aromatic carbocycles. The minimum absolute atomic E-state index is 0.0232. The van der Waals surface area contributed by atoms with E-state index in [0.29, 0.717) is 5.75 Å². The Kier molecular flexibility index (Phi) is 6.55. The van der Waals surface area contributed by atoms with Crippen LogP contribution in [0.15, 0.2) is 14.4 Å². The summed E-state index contributed by atoms with van der Waals surface area (Å²) in [5, 5.41) is 11.5. The first-order chi connectivity index (χ1) is 12.7. The number of fused-ring (bicyclic) bond motifs is 1. The molecule has 27 heavy (non-hydrogen) atoms. The summed E-state index contributed by atoms with van der Waals surface area (Å²) < 4.78 is 1.05. The number of aromatic amines is 2. The van der Waals surface area contributed by atoms with E-state index in [1.54, 1.807) is 0 Å². The Hall–Kier alpha value is -2.89. The highest BCUT2D eigenvalue weighted by Crippen LogP contribution is 2.03. The third-order valence-corrected chi connectivity index (χ3v) is 4.52. The number of aromatic nitrogens is 4. The zero-order valence-corrected chi connectivity index (χ0v) is 15.5. The van der Waals surface area contributed by atoms with Gasteiger partial charge in [-0.25, -0.2) is 14.6 Å². The van der Waals surface area contributed by atoms with Crippen LogP contribution in [0.5, 0.6) is 0 Å². The normalized spacial score (nSPS) is 12.1. The van der Waals surface area contributed by atoms with Gasteiger partial charge in [-0.1, -0.05) is 0 Å². The highest BCUT2D eigenvalue weighted by molar-refractivity contribution is 7.98. The van der Waals surface area contributed by atoms with E-state index in [2.05, 4.69) is 20.3 Å². The Labute approximate surface area is 156 Å². The molecule has 2 aromatic heterocycles. The zero-order valence-electron chi connectivity index (χ0n) is 14.7. The second kappa shape index (κ2) is 8.66. The van der Waals surface area contributed by atoms with Crippen molar-refractivity contribution < 1.29 is 14.7 Å². The first-order valence-corrected chi connectivity index (χ1v) is 9.37. The molecule has 0 saturated heterocycles. The minimum atomic E-state index is -1.13. The van der Waals surface area contributed by atoms with Crippen LogP contribution in [0.1, 0.15) is 18.5 Å². The van der Waals surface area contributed by atoms with Crippen LogP contribution in [-0.2, 0) is 23.1 Å². The topological polar surface area (TPSA) is 167 Å². The number of aryl methyl sites for hydroxylation is 2. The average molecular weight is 397 g/mol. The summed E-state index contributed by atoms with van der Waals surface area (Å²) in [6.07, 6.45) is 1.85. The van der Waals surface area contributed by atoms with E-state index in [1.807, 2.05) is 6.26 Å². The first-order valence-electron chi connectivity index (χ1n) is 7.98. The summed E-state index contributed by atoms with van der Waals surface area (Å²) in [6, 6.07) is -1.01. The smallest absolute Gasteiger partial charge is 0.329 e. The number of hydrogen-bond acceptors (Lipinski definition) is 7. The summed E-state index contributed by atoms with van der Waals surface area (Å²) in [4.78, 5) is 67.2. The Morgan fingerprint density at radius 2 is 1.96 bits per heavy atom. The van der Waals surface area contributed by atoms with E-state index in [0.717, 1.165) is 4.57 Å². The molecular formula is C15H19N5O6S. The van der Waals surface area contributed by atoms with Crippen LogP contribution >= 0.6 is 11.8 Å². The maximum atomic E-state index is 12.1. The van der Waals surface area contributed by atoms with Crippen LogP contribution in [0.2, 0.25) is 0 Å². The third kappa shape index (κ3) is 4.84. The van der Waals surface area contributed by atoms with Crippen LogP contribution in [0, 0.1) is 0 Å². The van der Waals surface area contributed by atoms with E-state index < -0.39 is 34.7 Å². The monoisotopic (exact) mass is 397 g/mol. The number of carboxylic acids is 1. The Bertz CT molecular complexity index is 1040. The van der Waals surface area contributed by atoms with E-state index in [1.165, 1.54) is 18.8 Å². The molecule has 1 unspecified atom stereocenters.